The number of thioether (sulfide) groups is 1. The second kappa shape index (κ2) is 14.0. The molecule has 1 fully saturated rings. The fourth-order valence-corrected chi connectivity index (χ4v) is 5.73. The van der Waals surface area contributed by atoms with Crippen molar-refractivity contribution in [2.45, 2.75) is 59.5 Å². The SMILES string of the molecule is CC(C)OC(=O)CN[P@](OCCSC(=O)C(C)(C)CO)OC[C@@H]1C[C@H](C)[C@H](n2cnc3c(=O)[nH]c(N)nc32)O1. The highest BCUT2D eigenvalue weighted by molar-refractivity contribution is 8.13. The number of hydrogen-bond acceptors (Lipinski definition) is 13. The summed E-state index contributed by atoms with van der Waals surface area (Å²) in [6, 6.07) is 0. The van der Waals surface area contributed by atoms with E-state index in [0.717, 1.165) is 11.8 Å². The molecule has 14 nitrogen and oxygen atoms in total. The first-order valence-electron chi connectivity index (χ1n) is 12.6. The van der Waals surface area contributed by atoms with E-state index in [1.807, 2.05) is 6.92 Å². The smallest absolute Gasteiger partial charge is 0.320 e. The molecule has 2 aromatic heterocycles. The van der Waals surface area contributed by atoms with E-state index in [4.69, 9.17) is 24.3 Å². The molecule has 0 amide bonds. The van der Waals surface area contributed by atoms with Gasteiger partial charge in [-0.25, -0.2) is 10.1 Å². The minimum Gasteiger partial charge on any atom is -0.462 e. The Bertz CT molecular complexity index is 1190. The Balaban J connectivity index is 1.58. The highest BCUT2D eigenvalue weighted by Crippen LogP contribution is 2.39. The molecule has 1 aliphatic heterocycles. The lowest BCUT2D eigenvalue weighted by molar-refractivity contribution is -0.145. The van der Waals surface area contributed by atoms with Crippen LogP contribution >= 0.6 is 20.3 Å². The predicted molar refractivity (Wildman–Crippen MR) is 147 cm³/mol. The number of nitrogen functional groups attached to an aromatic ring is 1. The van der Waals surface area contributed by atoms with E-state index in [9.17, 15) is 19.5 Å². The second-order valence-electron chi connectivity index (χ2n) is 10.1. The number of carbonyl (C=O) groups is 2. The van der Waals surface area contributed by atoms with E-state index in [-0.39, 0.29) is 61.1 Å². The third-order valence-corrected chi connectivity index (χ3v) is 8.15. The maximum absolute atomic E-state index is 12.2. The van der Waals surface area contributed by atoms with Crippen LogP contribution in [-0.4, -0.2) is 80.0 Å². The van der Waals surface area contributed by atoms with Crippen LogP contribution < -0.4 is 16.4 Å². The van der Waals surface area contributed by atoms with Gasteiger partial charge in [0.1, 0.15) is 12.8 Å². The summed E-state index contributed by atoms with van der Waals surface area (Å²) >= 11 is 1.07. The number of nitrogens with one attached hydrogen (secondary N) is 2. The van der Waals surface area contributed by atoms with Crippen molar-refractivity contribution in [3.05, 3.63) is 16.7 Å². The molecule has 2 aromatic rings. The maximum atomic E-state index is 12.2. The lowest BCUT2D eigenvalue weighted by atomic mass is 9.97. The Morgan fingerprint density at radius 1 is 1.41 bits per heavy atom. The standard InChI is InChI=1S/C23H37N6O8PS/c1-13(2)36-16(31)9-26-38(34-6-7-39-21(33)23(4,5)11-30)35-10-15-8-14(3)20(37-15)29-12-25-17-18(29)27-22(24)28-19(17)32/h12-15,20,26,30H,6-11H2,1-5H3,(H3,24,27,28,32)/t14-,15-,20+,38+/m0/s1. The number of aromatic nitrogens is 4. The summed E-state index contributed by atoms with van der Waals surface area (Å²) in [7, 11) is -1.71. The zero-order valence-electron chi connectivity index (χ0n) is 22.7. The first kappa shape index (κ1) is 31.4. The number of nitrogens with zero attached hydrogens (tertiary/aromatic N) is 3. The summed E-state index contributed by atoms with van der Waals surface area (Å²) in [5, 5.41) is 12.2. The molecular formula is C23H37N6O8PS. The van der Waals surface area contributed by atoms with Crippen molar-refractivity contribution in [3.8, 4) is 0 Å². The zero-order chi connectivity index (χ0) is 28.7. The van der Waals surface area contributed by atoms with Gasteiger partial charge in [-0.3, -0.25) is 23.9 Å². The number of carbonyl (C=O) groups excluding carboxylic acids is 2. The number of rotatable bonds is 14. The minimum absolute atomic E-state index is 0.00979. The van der Waals surface area contributed by atoms with Crippen LogP contribution in [-0.2, 0) is 28.1 Å². The Labute approximate surface area is 231 Å². The van der Waals surface area contributed by atoms with Crippen LogP contribution in [0.4, 0.5) is 5.95 Å². The predicted octanol–water partition coefficient (Wildman–Crippen LogP) is 1.71. The van der Waals surface area contributed by atoms with Gasteiger partial charge in [0.2, 0.25) is 5.95 Å². The molecule has 1 aliphatic rings. The number of aromatic amines is 1. The molecule has 0 aromatic carbocycles. The van der Waals surface area contributed by atoms with Crippen LogP contribution in [0.2, 0.25) is 0 Å². The van der Waals surface area contributed by atoms with Crippen LogP contribution in [0, 0.1) is 11.3 Å². The number of hydrogen-bond donors (Lipinski definition) is 4. The van der Waals surface area contributed by atoms with E-state index in [1.165, 1.54) is 6.33 Å². The summed E-state index contributed by atoms with van der Waals surface area (Å²) in [6.45, 7) is 8.87. The molecule has 218 valence electrons. The summed E-state index contributed by atoms with van der Waals surface area (Å²) in [5.74, 6) is -0.0513. The van der Waals surface area contributed by atoms with E-state index >= 15 is 0 Å². The van der Waals surface area contributed by atoms with Gasteiger partial charge in [-0.05, 0) is 34.1 Å². The number of ether oxygens (including phenoxy) is 2. The molecule has 3 heterocycles. The van der Waals surface area contributed by atoms with Crippen molar-refractivity contribution in [1.29, 1.82) is 0 Å². The molecule has 3 rings (SSSR count). The monoisotopic (exact) mass is 588 g/mol. The van der Waals surface area contributed by atoms with Crippen LogP contribution in [0.1, 0.15) is 47.3 Å². The minimum atomic E-state index is -1.71. The zero-order valence-corrected chi connectivity index (χ0v) is 24.4. The largest absolute Gasteiger partial charge is 0.462 e. The van der Waals surface area contributed by atoms with Gasteiger partial charge < -0.3 is 29.4 Å². The highest BCUT2D eigenvalue weighted by Gasteiger charge is 2.35. The van der Waals surface area contributed by atoms with Crippen molar-refractivity contribution < 1.29 is 33.2 Å². The third kappa shape index (κ3) is 8.68. The number of esters is 1. The van der Waals surface area contributed by atoms with Crippen LogP contribution in [0.5, 0.6) is 0 Å². The summed E-state index contributed by atoms with van der Waals surface area (Å²) in [6.07, 6.45) is 1.17. The van der Waals surface area contributed by atoms with Crippen molar-refractivity contribution in [3.63, 3.8) is 0 Å². The van der Waals surface area contributed by atoms with E-state index in [2.05, 4.69) is 20.0 Å². The lowest BCUT2D eigenvalue weighted by Gasteiger charge is -2.21. The molecule has 0 unspecified atom stereocenters. The molecule has 5 N–H and O–H groups in total. The molecule has 16 heteroatoms. The van der Waals surface area contributed by atoms with Crippen LogP contribution in [0.25, 0.3) is 11.2 Å². The number of aliphatic hydroxyl groups excluding tert-OH is 1. The number of imidazole rings is 1. The van der Waals surface area contributed by atoms with E-state index in [1.54, 1.807) is 32.3 Å². The molecule has 0 saturated carbocycles. The van der Waals surface area contributed by atoms with Gasteiger partial charge in [-0.2, -0.15) is 4.98 Å². The third-order valence-electron chi connectivity index (χ3n) is 5.75. The van der Waals surface area contributed by atoms with Gasteiger partial charge in [0, 0.05) is 11.7 Å². The topological polar surface area (TPSA) is 193 Å². The van der Waals surface area contributed by atoms with Gasteiger partial charge in [0.25, 0.3) is 14.1 Å². The summed E-state index contributed by atoms with van der Waals surface area (Å²) < 4.78 is 24.8. The molecule has 1 saturated heterocycles. The second-order valence-corrected chi connectivity index (χ2v) is 12.5. The lowest BCUT2D eigenvalue weighted by Crippen LogP contribution is -2.27. The van der Waals surface area contributed by atoms with Crippen molar-refractivity contribution >= 4 is 48.5 Å². The molecule has 0 aliphatic carbocycles. The van der Waals surface area contributed by atoms with Gasteiger partial charge in [-0.15, -0.1) is 0 Å². The normalized spacial score (nSPS) is 20.5. The number of fused-ring (bicyclic) bond motifs is 1. The van der Waals surface area contributed by atoms with Gasteiger partial charge in [-0.1, -0.05) is 18.7 Å². The molecular weight excluding hydrogens is 551 g/mol. The fourth-order valence-electron chi connectivity index (χ4n) is 3.72. The average Bonchev–Trinajstić information content (AvgIpc) is 3.45. The number of anilines is 1. The van der Waals surface area contributed by atoms with Gasteiger partial charge in [0.05, 0.1) is 43.8 Å². The van der Waals surface area contributed by atoms with Gasteiger partial charge >= 0.3 is 5.97 Å². The number of nitrogens with two attached hydrogens (primary N) is 1. The number of H-pyrrole nitrogens is 1. The Hall–Kier alpha value is -2.13. The van der Waals surface area contributed by atoms with Crippen LogP contribution in [0.15, 0.2) is 11.1 Å². The highest BCUT2D eigenvalue weighted by atomic mass is 32.2. The first-order valence-corrected chi connectivity index (χ1v) is 14.7. The van der Waals surface area contributed by atoms with E-state index in [0.29, 0.717) is 17.8 Å². The molecule has 0 spiro atoms. The Morgan fingerprint density at radius 3 is 2.85 bits per heavy atom. The Morgan fingerprint density at radius 2 is 2.15 bits per heavy atom. The Kier molecular flexibility index (Phi) is 11.2. The average molecular weight is 589 g/mol. The molecule has 39 heavy (non-hydrogen) atoms. The summed E-state index contributed by atoms with van der Waals surface area (Å²) in [5.41, 5.74) is 4.96. The van der Waals surface area contributed by atoms with Gasteiger partial charge in [0.15, 0.2) is 16.3 Å². The maximum Gasteiger partial charge on any atom is 0.320 e. The molecule has 4 atom stereocenters. The quantitative estimate of drug-likeness (QED) is 0.142. The van der Waals surface area contributed by atoms with E-state index < -0.39 is 31.7 Å². The van der Waals surface area contributed by atoms with Crippen molar-refractivity contribution in [2.75, 3.05) is 37.9 Å². The van der Waals surface area contributed by atoms with Crippen molar-refractivity contribution in [1.82, 2.24) is 24.6 Å². The first-order chi connectivity index (χ1) is 18.4. The van der Waals surface area contributed by atoms with Crippen LogP contribution in [0.3, 0.4) is 0 Å². The fraction of sp³-hybridized carbons (Fsp3) is 0.696. The van der Waals surface area contributed by atoms with Crippen molar-refractivity contribution in [2.24, 2.45) is 11.3 Å². The number of aliphatic hydroxyl groups is 1. The summed E-state index contributed by atoms with van der Waals surface area (Å²) in [4.78, 5) is 47.2. The molecule has 0 bridgehead atoms. The molecule has 0 radical (unpaired) electrons.